The van der Waals surface area contributed by atoms with E-state index in [0.29, 0.717) is 29.3 Å². The molecule has 3 aromatic heterocycles. The zero-order valence-electron chi connectivity index (χ0n) is 14.5. The summed E-state index contributed by atoms with van der Waals surface area (Å²) in [4.78, 5) is 7.88. The van der Waals surface area contributed by atoms with Crippen LogP contribution in [0.1, 0.15) is 11.3 Å². The van der Waals surface area contributed by atoms with E-state index in [1.54, 1.807) is 24.4 Å². The summed E-state index contributed by atoms with van der Waals surface area (Å²) in [7, 11) is 0. The van der Waals surface area contributed by atoms with Gasteiger partial charge in [0.2, 0.25) is 0 Å². The van der Waals surface area contributed by atoms with Crippen LogP contribution in [0.15, 0.2) is 65.4 Å². The van der Waals surface area contributed by atoms with E-state index in [4.69, 9.17) is 26.6 Å². The van der Waals surface area contributed by atoms with Crippen molar-refractivity contribution in [2.75, 3.05) is 5.73 Å². The average Bonchev–Trinajstić information content (AvgIpc) is 3.14. The van der Waals surface area contributed by atoms with Crippen molar-refractivity contribution in [3.8, 4) is 23.0 Å². The van der Waals surface area contributed by atoms with E-state index < -0.39 is 5.82 Å². The summed E-state index contributed by atoms with van der Waals surface area (Å²) in [5.41, 5.74) is 8.29. The Kier molecular flexibility index (Phi) is 4.90. The third-order valence-electron chi connectivity index (χ3n) is 3.96. The lowest BCUT2D eigenvalue weighted by molar-refractivity contribution is 0.422. The molecule has 6 nitrogen and oxygen atoms in total. The van der Waals surface area contributed by atoms with Crippen LogP contribution in [0.5, 0.6) is 11.6 Å². The van der Waals surface area contributed by atoms with Crippen LogP contribution in [0.25, 0.3) is 11.3 Å². The Bertz CT molecular complexity index is 1120. The van der Waals surface area contributed by atoms with Gasteiger partial charge < -0.3 is 15.0 Å². The van der Waals surface area contributed by atoms with Crippen LogP contribution in [0, 0.1) is 5.82 Å². The highest BCUT2D eigenvalue weighted by molar-refractivity contribution is 6.30. The van der Waals surface area contributed by atoms with E-state index in [1.807, 2.05) is 24.3 Å². The lowest BCUT2D eigenvalue weighted by Crippen LogP contribution is -1.93. The van der Waals surface area contributed by atoms with Crippen molar-refractivity contribution in [3.63, 3.8) is 0 Å². The zero-order valence-corrected chi connectivity index (χ0v) is 15.2. The van der Waals surface area contributed by atoms with Gasteiger partial charge in [0, 0.05) is 24.9 Å². The van der Waals surface area contributed by atoms with Gasteiger partial charge in [-0.1, -0.05) is 28.9 Å². The van der Waals surface area contributed by atoms with E-state index in [1.165, 1.54) is 6.20 Å². The number of aromatic nitrogens is 3. The van der Waals surface area contributed by atoms with Crippen molar-refractivity contribution < 1.29 is 13.7 Å². The fourth-order valence-electron chi connectivity index (χ4n) is 2.62. The lowest BCUT2D eigenvalue weighted by Gasteiger charge is -2.06. The molecule has 0 aliphatic heterocycles. The summed E-state index contributed by atoms with van der Waals surface area (Å²) < 4.78 is 24.6. The largest absolute Gasteiger partial charge is 0.436 e. The van der Waals surface area contributed by atoms with Gasteiger partial charge >= 0.3 is 0 Å². The van der Waals surface area contributed by atoms with Crippen LogP contribution in [-0.4, -0.2) is 15.1 Å². The molecule has 28 heavy (non-hydrogen) atoms. The number of hydrogen-bond donors (Lipinski definition) is 1. The van der Waals surface area contributed by atoms with Crippen molar-refractivity contribution in [2.24, 2.45) is 0 Å². The van der Waals surface area contributed by atoms with E-state index in [9.17, 15) is 4.39 Å². The Labute approximate surface area is 164 Å². The second-order valence-corrected chi connectivity index (χ2v) is 6.42. The van der Waals surface area contributed by atoms with Crippen LogP contribution < -0.4 is 10.5 Å². The van der Waals surface area contributed by atoms with Gasteiger partial charge in [0.15, 0.2) is 11.6 Å². The van der Waals surface area contributed by atoms with Crippen molar-refractivity contribution in [1.29, 1.82) is 0 Å². The quantitative estimate of drug-likeness (QED) is 0.516. The van der Waals surface area contributed by atoms with Crippen LogP contribution >= 0.6 is 11.6 Å². The average molecular weight is 397 g/mol. The first-order valence-electron chi connectivity index (χ1n) is 8.33. The predicted molar refractivity (Wildman–Crippen MR) is 103 cm³/mol. The van der Waals surface area contributed by atoms with E-state index in [-0.39, 0.29) is 10.9 Å². The molecule has 0 atom stereocenters. The summed E-state index contributed by atoms with van der Waals surface area (Å²) >= 11 is 5.69. The number of rotatable bonds is 5. The van der Waals surface area contributed by atoms with Crippen molar-refractivity contribution in [2.45, 2.75) is 6.42 Å². The maximum atomic E-state index is 13.8. The fourth-order valence-corrected chi connectivity index (χ4v) is 2.77. The molecule has 1 aromatic carbocycles. The Morgan fingerprint density at radius 3 is 2.68 bits per heavy atom. The van der Waals surface area contributed by atoms with Gasteiger partial charge in [-0.25, -0.2) is 14.4 Å². The van der Waals surface area contributed by atoms with E-state index >= 15 is 0 Å². The SMILES string of the molecule is Nc1ncccc1-c1cc(Cc2ccc(Oc3ncc(Cl)cc3F)cc2)no1. The first-order valence-corrected chi connectivity index (χ1v) is 8.70. The lowest BCUT2D eigenvalue weighted by atomic mass is 10.1. The zero-order chi connectivity index (χ0) is 19.5. The van der Waals surface area contributed by atoms with Crippen LogP contribution in [0.4, 0.5) is 10.2 Å². The monoisotopic (exact) mass is 396 g/mol. The highest BCUT2D eigenvalue weighted by Crippen LogP contribution is 2.27. The van der Waals surface area contributed by atoms with Crippen molar-refractivity contribution in [1.82, 2.24) is 15.1 Å². The summed E-state index contributed by atoms with van der Waals surface area (Å²) in [5, 5.41) is 4.29. The molecule has 0 aliphatic rings. The minimum absolute atomic E-state index is 0.132. The number of halogens is 2. The van der Waals surface area contributed by atoms with Gasteiger partial charge in [-0.15, -0.1) is 0 Å². The number of ether oxygens (including phenoxy) is 1. The van der Waals surface area contributed by atoms with Crippen molar-refractivity contribution in [3.05, 3.63) is 83.0 Å². The molecule has 8 heteroatoms. The molecule has 0 bridgehead atoms. The number of nitrogen functional groups attached to an aromatic ring is 1. The molecule has 0 saturated carbocycles. The molecular weight excluding hydrogens is 383 g/mol. The number of anilines is 1. The van der Waals surface area contributed by atoms with Gasteiger partial charge in [-0.2, -0.15) is 0 Å². The maximum Gasteiger partial charge on any atom is 0.255 e. The van der Waals surface area contributed by atoms with Gasteiger partial charge in [0.1, 0.15) is 11.6 Å². The number of benzene rings is 1. The Morgan fingerprint density at radius 1 is 1.11 bits per heavy atom. The molecule has 0 amide bonds. The molecule has 0 saturated heterocycles. The second-order valence-electron chi connectivity index (χ2n) is 5.98. The third kappa shape index (κ3) is 3.94. The summed E-state index contributed by atoms with van der Waals surface area (Å²) in [6.07, 6.45) is 3.49. The highest BCUT2D eigenvalue weighted by Gasteiger charge is 2.11. The fraction of sp³-hybridized carbons (Fsp3) is 0.0500. The van der Waals surface area contributed by atoms with Crippen LogP contribution in [0.3, 0.4) is 0 Å². The molecule has 4 aromatic rings. The number of hydrogen-bond acceptors (Lipinski definition) is 6. The minimum Gasteiger partial charge on any atom is -0.436 e. The predicted octanol–water partition coefficient (Wildman–Crippen LogP) is 4.89. The number of nitrogens with two attached hydrogens (primary N) is 1. The topological polar surface area (TPSA) is 87.1 Å². The highest BCUT2D eigenvalue weighted by atomic mass is 35.5. The Morgan fingerprint density at radius 2 is 1.93 bits per heavy atom. The third-order valence-corrected chi connectivity index (χ3v) is 4.17. The van der Waals surface area contributed by atoms with Gasteiger partial charge in [0.25, 0.3) is 5.88 Å². The van der Waals surface area contributed by atoms with Gasteiger partial charge in [0.05, 0.1) is 16.3 Å². The van der Waals surface area contributed by atoms with Gasteiger partial charge in [-0.3, -0.25) is 0 Å². The summed E-state index contributed by atoms with van der Waals surface area (Å²) in [6, 6.07) is 13.7. The molecule has 4 rings (SSSR count). The second kappa shape index (κ2) is 7.66. The Hall–Kier alpha value is -3.45. The molecule has 0 radical (unpaired) electrons. The van der Waals surface area contributed by atoms with Crippen LogP contribution in [0.2, 0.25) is 5.02 Å². The summed E-state index contributed by atoms with van der Waals surface area (Å²) in [5.74, 6) is 0.648. The minimum atomic E-state index is -0.624. The van der Waals surface area contributed by atoms with Gasteiger partial charge in [-0.05, 0) is 35.9 Å². The molecule has 3 heterocycles. The number of pyridine rings is 2. The summed E-state index contributed by atoms with van der Waals surface area (Å²) in [6.45, 7) is 0. The molecule has 0 fully saturated rings. The standard InChI is InChI=1S/C20H14ClFN4O2/c21-13-9-17(22)20(25-11-13)27-15-5-3-12(4-6-15)8-14-10-18(28-26-14)16-2-1-7-24-19(16)23/h1-7,9-11H,8H2,(H2,23,24). The molecule has 2 N–H and O–H groups in total. The molecular formula is C20H14ClFN4O2. The van der Waals surface area contributed by atoms with Crippen molar-refractivity contribution >= 4 is 17.4 Å². The molecule has 140 valence electrons. The molecule has 0 spiro atoms. The smallest absolute Gasteiger partial charge is 0.255 e. The normalized spacial score (nSPS) is 10.8. The van der Waals surface area contributed by atoms with E-state index in [0.717, 1.165) is 17.3 Å². The number of nitrogens with zero attached hydrogens (tertiary/aromatic N) is 3. The first-order chi connectivity index (χ1) is 13.6. The Balaban J connectivity index is 1.46. The molecule has 0 aliphatic carbocycles. The first kappa shape index (κ1) is 17.9. The van der Waals surface area contributed by atoms with Crippen LogP contribution in [-0.2, 0) is 6.42 Å². The maximum absolute atomic E-state index is 13.8. The van der Waals surface area contributed by atoms with E-state index in [2.05, 4.69) is 15.1 Å². The molecule has 0 unspecified atom stereocenters.